The van der Waals surface area contributed by atoms with Crippen molar-refractivity contribution in [1.82, 2.24) is 14.3 Å². The Labute approximate surface area is 182 Å². The highest BCUT2D eigenvalue weighted by Crippen LogP contribution is 2.41. The van der Waals surface area contributed by atoms with Crippen LogP contribution >= 0.6 is 0 Å². The number of pyridine rings is 1. The number of benzene rings is 1. The molecule has 1 aliphatic heterocycles. The maximum absolute atomic E-state index is 13.2. The zero-order chi connectivity index (χ0) is 22.4. The molecule has 0 bridgehead atoms. The van der Waals surface area contributed by atoms with Crippen LogP contribution in [0.25, 0.3) is 11.4 Å². The van der Waals surface area contributed by atoms with E-state index in [0.717, 1.165) is 0 Å². The molecule has 4 aromatic rings. The summed E-state index contributed by atoms with van der Waals surface area (Å²) in [5.74, 6) is -1.29. The fourth-order valence-corrected chi connectivity index (χ4v) is 4.14. The molecule has 1 atom stereocenters. The van der Waals surface area contributed by atoms with Gasteiger partial charge in [-0.25, -0.2) is 4.98 Å². The van der Waals surface area contributed by atoms with E-state index < -0.39 is 17.7 Å². The number of ketones is 1. The number of carbonyl (C=O) groups excluding carboxylic acids is 2. The van der Waals surface area contributed by atoms with E-state index in [0.29, 0.717) is 28.4 Å². The van der Waals surface area contributed by atoms with Crippen LogP contribution in [0.5, 0.6) is 5.75 Å². The maximum Gasteiger partial charge on any atom is 0.296 e. The Hall–Kier alpha value is -4.33. The summed E-state index contributed by atoms with van der Waals surface area (Å²) in [6.45, 7) is 1.78. The van der Waals surface area contributed by atoms with Crippen molar-refractivity contribution in [2.24, 2.45) is 0 Å². The average Bonchev–Trinajstić information content (AvgIpc) is 3.47. The van der Waals surface area contributed by atoms with E-state index in [2.05, 4.69) is 4.98 Å². The van der Waals surface area contributed by atoms with Crippen LogP contribution in [-0.4, -0.2) is 36.2 Å². The summed E-state index contributed by atoms with van der Waals surface area (Å²) in [6, 6.07) is 14.1. The zero-order valence-corrected chi connectivity index (χ0v) is 17.1. The van der Waals surface area contributed by atoms with Crippen LogP contribution in [0.4, 0.5) is 0 Å². The van der Waals surface area contributed by atoms with E-state index in [9.17, 15) is 19.8 Å². The monoisotopic (exact) mass is 429 g/mol. The highest BCUT2D eigenvalue weighted by atomic mass is 16.3. The van der Waals surface area contributed by atoms with Gasteiger partial charge in [-0.3, -0.25) is 14.0 Å². The first-order valence-corrected chi connectivity index (χ1v) is 9.99. The molecule has 5 rings (SSSR count). The van der Waals surface area contributed by atoms with E-state index in [-0.39, 0.29) is 23.6 Å². The maximum atomic E-state index is 13.2. The number of fused-ring (bicyclic) bond motifs is 1. The number of Topliss-reactive ketones (excluding diaryl/α,β-unsaturated/α-hetero) is 1. The molecule has 4 heterocycles. The second kappa shape index (κ2) is 7.42. The van der Waals surface area contributed by atoms with Gasteiger partial charge in [0, 0.05) is 6.20 Å². The number of hydrogen-bond acceptors (Lipinski definition) is 6. The van der Waals surface area contributed by atoms with Gasteiger partial charge in [0.2, 0.25) is 0 Å². The van der Waals surface area contributed by atoms with Crippen LogP contribution in [0, 0.1) is 6.92 Å². The Kier molecular flexibility index (Phi) is 4.55. The van der Waals surface area contributed by atoms with E-state index >= 15 is 0 Å². The summed E-state index contributed by atoms with van der Waals surface area (Å²) in [4.78, 5) is 32.0. The minimum atomic E-state index is -0.866. The Morgan fingerprint density at radius 2 is 1.88 bits per heavy atom. The van der Waals surface area contributed by atoms with Gasteiger partial charge < -0.3 is 19.5 Å². The van der Waals surface area contributed by atoms with E-state index in [1.54, 1.807) is 53.9 Å². The highest BCUT2D eigenvalue weighted by Gasteiger charge is 2.46. The molecule has 8 nitrogen and oxygen atoms in total. The molecule has 8 heteroatoms. The van der Waals surface area contributed by atoms with Gasteiger partial charge in [-0.05, 0) is 48.9 Å². The number of imidazole rings is 1. The Bertz CT molecular complexity index is 1370. The van der Waals surface area contributed by atoms with Gasteiger partial charge in [-0.15, -0.1) is 0 Å². The number of likely N-dealkylation sites (tertiary alicyclic amines) is 1. The number of phenolic OH excluding ortho intramolecular Hbond substituents is 1. The lowest BCUT2D eigenvalue weighted by Gasteiger charge is -2.24. The van der Waals surface area contributed by atoms with Gasteiger partial charge in [0.25, 0.3) is 11.7 Å². The van der Waals surface area contributed by atoms with Crippen molar-refractivity contribution in [3.8, 4) is 5.75 Å². The standard InChI is InChI=1S/C24H19N3O5/c1-14-20(26-11-3-2-6-18(26)25-14)22(29)19-21(15-7-9-16(28)10-8-15)27(24(31)23(19)30)13-17-5-4-12-32-17/h2-12,21,28-29H,13H2,1H3/b22-19+. The highest BCUT2D eigenvalue weighted by molar-refractivity contribution is 6.46. The van der Waals surface area contributed by atoms with Gasteiger partial charge in [0.15, 0.2) is 5.76 Å². The second-order valence-electron chi connectivity index (χ2n) is 7.57. The topological polar surface area (TPSA) is 108 Å². The molecule has 0 aliphatic carbocycles. The smallest absolute Gasteiger partial charge is 0.296 e. The van der Waals surface area contributed by atoms with Crippen molar-refractivity contribution in [2.75, 3.05) is 0 Å². The lowest BCUT2D eigenvalue weighted by molar-refractivity contribution is -0.140. The molecule has 1 unspecified atom stereocenters. The Morgan fingerprint density at radius 3 is 2.59 bits per heavy atom. The predicted molar refractivity (Wildman–Crippen MR) is 115 cm³/mol. The molecule has 32 heavy (non-hydrogen) atoms. The minimum Gasteiger partial charge on any atom is -0.508 e. The van der Waals surface area contributed by atoms with Crippen LogP contribution in [0.1, 0.15) is 28.8 Å². The zero-order valence-electron chi connectivity index (χ0n) is 17.1. The van der Waals surface area contributed by atoms with Gasteiger partial charge in [-0.2, -0.15) is 0 Å². The normalized spacial score (nSPS) is 18.0. The van der Waals surface area contributed by atoms with Crippen LogP contribution in [-0.2, 0) is 16.1 Å². The number of aliphatic hydroxyl groups is 1. The van der Waals surface area contributed by atoms with Crippen LogP contribution in [0.15, 0.2) is 77.0 Å². The predicted octanol–water partition coefficient (Wildman–Crippen LogP) is 3.56. The molecule has 1 saturated heterocycles. The van der Waals surface area contributed by atoms with Crippen molar-refractivity contribution < 1.29 is 24.2 Å². The van der Waals surface area contributed by atoms with Crippen LogP contribution in [0.3, 0.4) is 0 Å². The number of amides is 1. The number of nitrogens with zero attached hydrogens (tertiary/aromatic N) is 3. The summed E-state index contributed by atoms with van der Waals surface area (Å²) in [5.41, 5.74) is 2.01. The molecule has 0 radical (unpaired) electrons. The molecule has 1 aliphatic rings. The Balaban J connectivity index is 1.72. The summed E-state index contributed by atoms with van der Waals surface area (Å²) in [7, 11) is 0. The van der Waals surface area contributed by atoms with Crippen molar-refractivity contribution >= 4 is 23.1 Å². The number of carbonyl (C=O) groups is 2. The fraction of sp³-hybridized carbons (Fsp3) is 0.125. The SMILES string of the molecule is Cc1nc2ccccn2c1/C(O)=C1\C(=O)C(=O)N(Cc2ccco2)C1c1ccc(O)cc1. The largest absolute Gasteiger partial charge is 0.508 e. The molecular formula is C24H19N3O5. The molecule has 2 N–H and O–H groups in total. The number of furan rings is 1. The Morgan fingerprint density at radius 1 is 1.09 bits per heavy atom. The van der Waals surface area contributed by atoms with E-state index in [4.69, 9.17) is 4.42 Å². The number of hydrogen-bond donors (Lipinski definition) is 2. The lowest BCUT2D eigenvalue weighted by Crippen LogP contribution is -2.29. The third-order valence-corrected chi connectivity index (χ3v) is 5.58. The third kappa shape index (κ3) is 3.04. The second-order valence-corrected chi connectivity index (χ2v) is 7.57. The quantitative estimate of drug-likeness (QED) is 0.292. The summed E-state index contributed by atoms with van der Waals surface area (Å²) in [5, 5.41) is 21.1. The van der Waals surface area contributed by atoms with Crippen LogP contribution < -0.4 is 0 Å². The van der Waals surface area contributed by atoms with Crippen molar-refractivity contribution in [3.63, 3.8) is 0 Å². The number of aryl methyl sites for hydroxylation is 1. The molecule has 160 valence electrons. The van der Waals surface area contributed by atoms with Crippen LogP contribution in [0.2, 0.25) is 0 Å². The number of aromatic hydroxyl groups is 1. The molecule has 0 saturated carbocycles. The first-order valence-electron chi connectivity index (χ1n) is 9.99. The van der Waals surface area contributed by atoms with E-state index in [1.807, 2.05) is 6.07 Å². The van der Waals surface area contributed by atoms with Crippen molar-refractivity contribution in [3.05, 3.63) is 95.3 Å². The molecule has 1 aromatic carbocycles. The van der Waals surface area contributed by atoms with Gasteiger partial charge in [-0.1, -0.05) is 18.2 Å². The molecule has 0 spiro atoms. The van der Waals surface area contributed by atoms with Crippen molar-refractivity contribution in [1.29, 1.82) is 0 Å². The van der Waals surface area contributed by atoms with Gasteiger partial charge in [0.05, 0.1) is 30.1 Å². The van der Waals surface area contributed by atoms with Gasteiger partial charge in [0.1, 0.15) is 22.9 Å². The fourth-order valence-electron chi connectivity index (χ4n) is 4.14. The summed E-state index contributed by atoms with van der Waals surface area (Å²) >= 11 is 0. The first-order chi connectivity index (χ1) is 15.5. The first kappa shape index (κ1) is 19.6. The third-order valence-electron chi connectivity index (χ3n) is 5.58. The summed E-state index contributed by atoms with van der Waals surface area (Å²) < 4.78 is 7.07. The summed E-state index contributed by atoms with van der Waals surface area (Å²) in [6.07, 6.45) is 3.22. The van der Waals surface area contributed by atoms with Gasteiger partial charge >= 0.3 is 0 Å². The molecule has 1 amide bonds. The lowest BCUT2D eigenvalue weighted by atomic mass is 9.96. The van der Waals surface area contributed by atoms with Crippen molar-refractivity contribution in [2.45, 2.75) is 19.5 Å². The molecular weight excluding hydrogens is 410 g/mol. The average molecular weight is 429 g/mol. The number of phenols is 1. The number of aromatic nitrogens is 2. The van der Waals surface area contributed by atoms with E-state index in [1.165, 1.54) is 23.3 Å². The number of aliphatic hydroxyl groups excluding tert-OH is 1. The minimum absolute atomic E-state index is 0.0407. The number of rotatable bonds is 4. The molecule has 1 fully saturated rings. The molecule has 3 aromatic heterocycles.